The fourth-order valence-electron chi connectivity index (χ4n) is 3.21. The van der Waals surface area contributed by atoms with E-state index in [4.69, 9.17) is 33.0 Å². The Bertz CT molecular complexity index is 1450. The molecule has 1 heterocycles. The molecule has 166 valence electrons. The zero-order chi connectivity index (χ0) is 23.5. The first kappa shape index (κ1) is 23.0. The highest BCUT2D eigenvalue weighted by Gasteiger charge is 2.14. The maximum absolute atomic E-state index is 12.5. The standard InChI is InChI=1S/C24H16BrClN2O4S/c1-31-21-9-6-14(11-18(21)25)22(29)28-24(33)27-15-7-8-16(19(26)12-15)17-10-13-4-2-3-5-20(13)32-23(17)30/h2-12H,1H3,(H2,27,28,29,33). The van der Waals surface area contributed by atoms with E-state index in [-0.39, 0.29) is 11.0 Å². The minimum Gasteiger partial charge on any atom is -0.496 e. The highest BCUT2D eigenvalue weighted by molar-refractivity contribution is 9.10. The van der Waals surface area contributed by atoms with Gasteiger partial charge in [0.25, 0.3) is 5.91 Å². The summed E-state index contributed by atoms with van der Waals surface area (Å²) in [6.45, 7) is 0. The van der Waals surface area contributed by atoms with Crippen molar-refractivity contribution in [2.75, 3.05) is 12.4 Å². The molecule has 4 aromatic rings. The average Bonchev–Trinajstić information content (AvgIpc) is 2.79. The van der Waals surface area contributed by atoms with Crippen molar-refractivity contribution in [3.63, 3.8) is 0 Å². The van der Waals surface area contributed by atoms with E-state index in [1.54, 1.807) is 61.7 Å². The van der Waals surface area contributed by atoms with Gasteiger partial charge in [0.2, 0.25) is 0 Å². The average molecular weight is 544 g/mol. The molecular formula is C24H16BrClN2O4S. The molecule has 4 rings (SSSR count). The highest BCUT2D eigenvalue weighted by Crippen LogP contribution is 2.30. The van der Waals surface area contributed by atoms with Crippen molar-refractivity contribution in [3.05, 3.63) is 92.2 Å². The van der Waals surface area contributed by atoms with Gasteiger partial charge in [0.05, 0.1) is 22.2 Å². The van der Waals surface area contributed by atoms with Crippen LogP contribution in [0, 0.1) is 0 Å². The zero-order valence-corrected chi connectivity index (χ0v) is 20.3. The summed E-state index contributed by atoms with van der Waals surface area (Å²) in [7, 11) is 1.54. The van der Waals surface area contributed by atoms with E-state index in [0.29, 0.717) is 43.2 Å². The summed E-state index contributed by atoms with van der Waals surface area (Å²) in [5.41, 5.74) is 1.86. The second kappa shape index (κ2) is 9.74. The molecule has 0 spiro atoms. The molecule has 6 nitrogen and oxygen atoms in total. The van der Waals surface area contributed by atoms with Crippen molar-refractivity contribution in [2.45, 2.75) is 0 Å². The Balaban J connectivity index is 1.50. The second-order valence-electron chi connectivity index (χ2n) is 6.94. The number of hydrogen-bond acceptors (Lipinski definition) is 5. The molecule has 33 heavy (non-hydrogen) atoms. The van der Waals surface area contributed by atoms with Gasteiger partial charge in [-0.1, -0.05) is 35.9 Å². The molecule has 0 saturated heterocycles. The van der Waals surface area contributed by atoms with Crippen molar-refractivity contribution in [2.24, 2.45) is 0 Å². The number of benzene rings is 3. The van der Waals surface area contributed by atoms with Crippen LogP contribution >= 0.6 is 39.7 Å². The molecule has 0 bridgehead atoms. The van der Waals surface area contributed by atoms with Gasteiger partial charge < -0.3 is 14.5 Å². The van der Waals surface area contributed by atoms with Gasteiger partial charge in [0.15, 0.2) is 5.11 Å². The molecule has 0 radical (unpaired) electrons. The number of anilines is 1. The van der Waals surface area contributed by atoms with Crippen molar-refractivity contribution in [3.8, 4) is 16.9 Å². The number of carbonyl (C=O) groups is 1. The number of hydrogen-bond donors (Lipinski definition) is 2. The fraction of sp³-hybridized carbons (Fsp3) is 0.0417. The largest absolute Gasteiger partial charge is 0.496 e. The number of thiocarbonyl (C=S) groups is 1. The number of methoxy groups -OCH3 is 1. The number of carbonyl (C=O) groups excluding carboxylic acids is 1. The third-order valence-corrected chi connectivity index (χ3v) is 5.94. The first-order valence-electron chi connectivity index (χ1n) is 9.64. The van der Waals surface area contributed by atoms with Crippen LogP contribution < -0.4 is 21.0 Å². The van der Waals surface area contributed by atoms with Crippen LogP contribution in [0.15, 0.2) is 80.4 Å². The van der Waals surface area contributed by atoms with Gasteiger partial charge >= 0.3 is 5.63 Å². The third kappa shape index (κ3) is 5.08. The topological polar surface area (TPSA) is 80.6 Å². The smallest absolute Gasteiger partial charge is 0.344 e. The Labute approximate surface area is 207 Å². The van der Waals surface area contributed by atoms with Gasteiger partial charge in [0, 0.05) is 22.2 Å². The molecule has 1 aromatic heterocycles. The predicted octanol–water partition coefficient (Wildman–Crippen LogP) is 6.01. The molecular weight excluding hydrogens is 528 g/mol. The van der Waals surface area contributed by atoms with E-state index in [1.165, 1.54) is 0 Å². The number of para-hydroxylation sites is 1. The summed E-state index contributed by atoms with van der Waals surface area (Å²) in [5, 5.41) is 6.76. The van der Waals surface area contributed by atoms with Gasteiger partial charge in [-0.2, -0.15) is 0 Å². The summed E-state index contributed by atoms with van der Waals surface area (Å²) in [5.74, 6) is 0.231. The van der Waals surface area contributed by atoms with E-state index in [0.717, 1.165) is 5.39 Å². The number of halogens is 2. The first-order chi connectivity index (χ1) is 15.9. The molecule has 1 amide bonds. The van der Waals surface area contributed by atoms with E-state index in [1.807, 2.05) is 12.1 Å². The fourth-order valence-corrected chi connectivity index (χ4v) is 4.24. The molecule has 3 aromatic carbocycles. The maximum atomic E-state index is 12.5. The summed E-state index contributed by atoms with van der Waals surface area (Å²) in [4.78, 5) is 24.9. The maximum Gasteiger partial charge on any atom is 0.344 e. The van der Waals surface area contributed by atoms with Crippen LogP contribution in [0.5, 0.6) is 5.75 Å². The van der Waals surface area contributed by atoms with Crippen LogP contribution in [-0.4, -0.2) is 18.1 Å². The Morgan fingerprint density at radius 1 is 1.06 bits per heavy atom. The second-order valence-corrected chi connectivity index (χ2v) is 8.61. The molecule has 0 aliphatic heterocycles. The molecule has 0 fully saturated rings. The number of nitrogens with one attached hydrogen (secondary N) is 2. The van der Waals surface area contributed by atoms with Crippen LogP contribution in [0.25, 0.3) is 22.1 Å². The van der Waals surface area contributed by atoms with Crippen LogP contribution in [0.1, 0.15) is 10.4 Å². The van der Waals surface area contributed by atoms with Crippen molar-refractivity contribution < 1.29 is 13.9 Å². The minimum atomic E-state index is -0.482. The Morgan fingerprint density at radius 2 is 1.85 bits per heavy atom. The molecule has 0 aliphatic rings. The summed E-state index contributed by atoms with van der Waals surface area (Å²) in [6, 6.07) is 18.9. The monoisotopic (exact) mass is 542 g/mol. The summed E-state index contributed by atoms with van der Waals surface area (Å²) in [6.07, 6.45) is 0. The van der Waals surface area contributed by atoms with Crippen molar-refractivity contribution in [1.82, 2.24) is 5.32 Å². The van der Waals surface area contributed by atoms with E-state index in [2.05, 4.69) is 26.6 Å². The number of amides is 1. The molecule has 9 heteroatoms. The first-order valence-corrected chi connectivity index (χ1v) is 11.2. The zero-order valence-electron chi connectivity index (χ0n) is 17.1. The van der Waals surface area contributed by atoms with Gasteiger partial charge in [-0.15, -0.1) is 0 Å². The molecule has 0 aliphatic carbocycles. The molecule has 0 atom stereocenters. The predicted molar refractivity (Wildman–Crippen MR) is 137 cm³/mol. The van der Waals surface area contributed by atoms with Crippen molar-refractivity contribution in [1.29, 1.82) is 0 Å². The lowest BCUT2D eigenvalue weighted by atomic mass is 10.1. The lowest BCUT2D eigenvalue weighted by Gasteiger charge is -2.12. The van der Waals surface area contributed by atoms with Gasteiger partial charge in [0.1, 0.15) is 11.3 Å². The highest BCUT2D eigenvalue weighted by atomic mass is 79.9. The minimum absolute atomic E-state index is 0.0981. The van der Waals surface area contributed by atoms with Gasteiger partial charge in [-0.05, 0) is 70.6 Å². The Hall–Kier alpha value is -3.20. The van der Waals surface area contributed by atoms with E-state index >= 15 is 0 Å². The quantitative estimate of drug-likeness (QED) is 0.242. The Kier molecular flexibility index (Phi) is 6.78. The number of ether oxygens (including phenoxy) is 1. The van der Waals surface area contributed by atoms with Crippen LogP contribution in [-0.2, 0) is 0 Å². The van der Waals surface area contributed by atoms with Gasteiger partial charge in [-0.3, -0.25) is 10.1 Å². The van der Waals surface area contributed by atoms with Crippen LogP contribution in [0.2, 0.25) is 5.02 Å². The molecule has 0 unspecified atom stereocenters. The third-order valence-electron chi connectivity index (χ3n) is 4.80. The Morgan fingerprint density at radius 3 is 2.58 bits per heavy atom. The van der Waals surface area contributed by atoms with Crippen LogP contribution in [0.3, 0.4) is 0 Å². The SMILES string of the molecule is COc1ccc(C(=O)NC(=S)Nc2ccc(-c3cc4ccccc4oc3=O)c(Cl)c2)cc1Br. The summed E-state index contributed by atoms with van der Waals surface area (Å²) >= 11 is 15.1. The molecule has 2 N–H and O–H groups in total. The van der Waals surface area contributed by atoms with Gasteiger partial charge in [-0.25, -0.2) is 4.79 Å². The molecule has 0 saturated carbocycles. The van der Waals surface area contributed by atoms with Crippen LogP contribution in [0.4, 0.5) is 5.69 Å². The number of fused-ring (bicyclic) bond motifs is 1. The van der Waals surface area contributed by atoms with E-state index < -0.39 is 5.63 Å². The lowest BCUT2D eigenvalue weighted by molar-refractivity contribution is 0.0977. The lowest BCUT2D eigenvalue weighted by Crippen LogP contribution is -2.34. The van der Waals surface area contributed by atoms with Crippen molar-refractivity contribution >= 4 is 67.4 Å². The van der Waals surface area contributed by atoms with E-state index in [9.17, 15) is 9.59 Å². The number of rotatable bonds is 4. The summed E-state index contributed by atoms with van der Waals surface area (Å²) < 4.78 is 11.2. The normalized spacial score (nSPS) is 10.6.